The Morgan fingerprint density at radius 2 is 2.10 bits per heavy atom. The van der Waals surface area contributed by atoms with Gasteiger partial charge in [-0.25, -0.2) is 8.42 Å². The molecule has 2 saturated heterocycles. The van der Waals surface area contributed by atoms with Crippen LogP contribution >= 0.6 is 0 Å². The van der Waals surface area contributed by atoms with Crippen LogP contribution < -0.4 is 0 Å². The average Bonchev–Trinajstić information content (AvgIpc) is 3.07. The van der Waals surface area contributed by atoms with Gasteiger partial charge in [0.05, 0.1) is 17.9 Å². The average molecular weight is 313 g/mol. The summed E-state index contributed by atoms with van der Waals surface area (Å²) in [6.07, 6.45) is 4.50. The van der Waals surface area contributed by atoms with Crippen molar-refractivity contribution in [3.63, 3.8) is 0 Å². The van der Waals surface area contributed by atoms with Crippen molar-refractivity contribution >= 4 is 10.0 Å². The first-order valence-electron chi connectivity index (χ1n) is 7.74. The Balaban J connectivity index is 1.74. The second-order valence-corrected chi connectivity index (χ2v) is 7.95. The van der Waals surface area contributed by atoms with E-state index in [0.717, 1.165) is 43.6 Å². The maximum atomic E-state index is 12.7. The molecule has 2 aliphatic rings. The molecule has 0 spiro atoms. The number of ether oxygens (including phenoxy) is 1. The van der Waals surface area contributed by atoms with Gasteiger partial charge >= 0.3 is 0 Å². The van der Waals surface area contributed by atoms with Gasteiger partial charge in [0.1, 0.15) is 11.5 Å². The summed E-state index contributed by atoms with van der Waals surface area (Å²) in [5.41, 5.74) is 0. The van der Waals surface area contributed by atoms with Gasteiger partial charge in [-0.15, -0.1) is 0 Å². The van der Waals surface area contributed by atoms with Crippen molar-refractivity contribution in [2.75, 3.05) is 18.9 Å². The molecular formula is C15H23NO4S. The summed E-state index contributed by atoms with van der Waals surface area (Å²) in [5.74, 6) is 1.69. The van der Waals surface area contributed by atoms with E-state index in [9.17, 15) is 8.42 Å². The number of hydrogen-bond acceptors (Lipinski definition) is 4. The highest BCUT2D eigenvalue weighted by molar-refractivity contribution is 7.89. The van der Waals surface area contributed by atoms with Crippen LogP contribution in [-0.2, 0) is 14.8 Å². The largest absolute Gasteiger partial charge is 0.465 e. The Kier molecular flexibility index (Phi) is 4.38. The summed E-state index contributed by atoms with van der Waals surface area (Å²) < 4.78 is 38.2. The van der Waals surface area contributed by atoms with Crippen LogP contribution in [0.3, 0.4) is 0 Å². The van der Waals surface area contributed by atoms with Crippen molar-refractivity contribution in [3.05, 3.63) is 23.7 Å². The molecule has 6 heteroatoms. The second kappa shape index (κ2) is 6.10. The lowest BCUT2D eigenvalue weighted by atomic mass is 10.1. The van der Waals surface area contributed by atoms with Gasteiger partial charge in [0.25, 0.3) is 0 Å². The van der Waals surface area contributed by atoms with Crippen LogP contribution in [0, 0.1) is 6.92 Å². The van der Waals surface area contributed by atoms with E-state index in [2.05, 4.69) is 0 Å². The van der Waals surface area contributed by atoms with Crippen molar-refractivity contribution in [2.24, 2.45) is 0 Å². The fourth-order valence-corrected chi connectivity index (χ4v) is 5.19. The molecule has 2 aliphatic heterocycles. The van der Waals surface area contributed by atoms with Crippen LogP contribution in [0.2, 0.25) is 0 Å². The molecule has 0 aromatic carbocycles. The summed E-state index contributed by atoms with van der Waals surface area (Å²) >= 11 is 0. The molecule has 0 saturated carbocycles. The molecule has 0 amide bonds. The fourth-order valence-electron chi connectivity index (χ4n) is 3.26. The van der Waals surface area contributed by atoms with E-state index in [1.54, 1.807) is 4.31 Å². The van der Waals surface area contributed by atoms with Crippen LogP contribution in [0.1, 0.15) is 49.7 Å². The standard InChI is InChI=1S/C15H23NO4S/c1-12-7-8-15(20-12)14-6-4-9-16(14)21(17,18)11-13-5-2-3-10-19-13/h7-8,13-14H,2-6,9-11H2,1H3. The second-order valence-electron chi connectivity index (χ2n) is 5.98. The van der Waals surface area contributed by atoms with Crippen LogP contribution in [0.4, 0.5) is 0 Å². The van der Waals surface area contributed by atoms with E-state index in [-0.39, 0.29) is 17.9 Å². The van der Waals surface area contributed by atoms with Gasteiger partial charge in [0.15, 0.2) is 0 Å². The molecule has 2 unspecified atom stereocenters. The molecule has 3 rings (SSSR count). The van der Waals surface area contributed by atoms with Gasteiger partial charge in [0.2, 0.25) is 10.0 Å². The predicted octanol–water partition coefficient (Wildman–Crippen LogP) is 2.62. The van der Waals surface area contributed by atoms with E-state index in [1.807, 2.05) is 19.1 Å². The number of nitrogens with zero attached hydrogens (tertiary/aromatic N) is 1. The topological polar surface area (TPSA) is 59.8 Å². The van der Waals surface area contributed by atoms with E-state index in [4.69, 9.17) is 9.15 Å². The van der Waals surface area contributed by atoms with Gasteiger partial charge in [-0.1, -0.05) is 0 Å². The minimum absolute atomic E-state index is 0.100. The van der Waals surface area contributed by atoms with Crippen molar-refractivity contribution in [1.29, 1.82) is 0 Å². The van der Waals surface area contributed by atoms with Crippen LogP contribution in [0.15, 0.2) is 16.5 Å². The molecule has 0 bridgehead atoms. The Bertz CT molecular complexity index is 574. The summed E-state index contributed by atoms with van der Waals surface area (Å²) in [5, 5.41) is 0. The van der Waals surface area contributed by atoms with Gasteiger partial charge in [0, 0.05) is 13.2 Å². The highest BCUT2D eigenvalue weighted by Gasteiger charge is 2.38. The quantitative estimate of drug-likeness (QED) is 0.857. The van der Waals surface area contributed by atoms with Gasteiger partial charge < -0.3 is 9.15 Å². The highest BCUT2D eigenvalue weighted by atomic mass is 32.2. The molecule has 118 valence electrons. The van der Waals surface area contributed by atoms with Gasteiger partial charge in [-0.3, -0.25) is 0 Å². The number of aryl methyl sites for hydroxylation is 1. The Morgan fingerprint density at radius 3 is 2.76 bits per heavy atom. The van der Waals surface area contributed by atoms with Gasteiger partial charge in [-0.2, -0.15) is 4.31 Å². The molecule has 21 heavy (non-hydrogen) atoms. The summed E-state index contributed by atoms with van der Waals surface area (Å²) in [6.45, 7) is 3.15. The molecule has 0 radical (unpaired) electrons. The first kappa shape index (κ1) is 15.1. The third kappa shape index (κ3) is 3.33. The number of hydrogen-bond donors (Lipinski definition) is 0. The maximum Gasteiger partial charge on any atom is 0.217 e. The molecule has 1 aromatic rings. The molecule has 3 heterocycles. The zero-order valence-electron chi connectivity index (χ0n) is 12.5. The monoisotopic (exact) mass is 313 g/mol. The number of furan rings is 1. The normalized spacial score (nSPS) is 28.0. The van der Waals surface area contributed by atoms with Crippen molar-refractivity contribution in [2.45, 2.75) is 51.2 Å². The Hall–Kier alpha value is -0.850. The lowest BCUT2D eigenvalue weighted by molar-refractivity contribution is 0.0298. The van der Waals surface area contributed by atoms with Crippen molar-refractivity contribution < 1.29 is 17.6 Å². The van der Waals surface area contributed by atoms with Gasteiger partial charge in [-0.05, 0) is 51.2 Å². The Morgan fingerprint density at radius 1 is 1.24 bits per heavy atom. The van der Waals surface area contributed by atoms with E-state index >= 15 is 0 Å². The summed E-state index contributed by atoms with van der Waals surface area (Å²) in [7, 11) is -3.30. The lowest BCUT2D eigenvalue weighted by Crippen LogP contribution is -2.38. The van der Waals surface area contributed by atoms with Crippen LogP contribution in [0.5, 0.6) is 0 Å². The highest BCUT2D eigenvalue weighted by Crippen LogP contribution is 2.35. The molecular weight excluding hydrogens is 290 g/mol. The molecule has 2 fully saturated rings. The zero-order valence-corrected chi connectivity index (χ0v) is 13.3. The fraction of sp³-hybridized carbons (Fsp3) is 0.733. The van der Waals surface area contributed by atoms with Crippen molar-refractivity contribution in [3.8, 4) is 0 Å². The first-order chi connectivity index (χ1) is 10.1. The number of sulfonamides is 1. The zero-order chi connectivity index (χ0) is 14.9. The number of rotatable bonds is 4. The third-order valence-corrected chi connectivity index (χ3v) is 6.27. The molecule has 5 nitrogen and oxygen atoms in total. The minimum Gasteiger partial charge on any atom is -0.465 e. The maximum absolute atomic E-state index is 12.7. The summed E-state index contributed by atoms with van der Waals surface area (Å²) in [6, 6.07) is 3.64. The van der Waals surface area contributed by atoms with E-state index in [0.29, 0.717) is 13.2 Å². The third-order valence-electron chi connectivity index (χ3n) is 4.32. The van der Waals surface area contributed by atoms with E-state index in [1.165, 1.54) is 0 Å². The minimum atomic E-state index is -3.30. The lowest BCUT2D eigenvalue weighted by Gasteiger charge is -2.27. The van der Waals surface area contributed by atoms with Crippen LogP contribution in [-0.4, -0.2) is 37.7 Å². The summed E-state index contributed by atoms with van der Waals surface area (Å²) in [4.78, 5) is 0. The molecule has 0 aliphatic carbocycles. The van der Waals surface area contributed by atoms with E-state index < -0.39 is 10.0 Å². The molecule has 0 N–H and O–H groups in total. The predicted molar refractivity (Wildman–Crippen MR) is 79.5 cm³/mol. The van der Waals surface area contributed by atoms with Crippen molar-refractivity contribution in [1.82, 2.24) is 4.31 Å². The SMILES string of the molecule is Cc1ccc(C2CCCN2S(=O)(=O)CC2CCCCO2)o1. The van der Waals surface area contributed by atoms with Crippen LogP contribution in [0.25, 0.3) is 0 Å². The Labute approximate surface area is 126 Å². The first-order valence-corrected chi connectivity index (χ1v) is 9.34. The molecule has 2 atom stereocenters. The smallest absolute Gasteiger partial charge is 0.217 e. The molecule has 1 aromatic heterocycles.